The van der Waals surface area contributed by atoms with Crippen molar-refractivity contribution in [3.63, 3.8) is 0 Å². The van der Waals surface area contributed by atoms with Crippen LogP contribution in [0.3, 0.4) is 0 Å². The van der Waals surface area contributed by atoms with E-state index in [0.29, 0.717) is 0 Å². The minimum absolute atomic E-state index is 0.169. The summed E-state index contributed by atoms with van der Waals surface area (Å²) in [6.07, 6.45) is 0. The molecule has 0 aliphatic heterocycles. The smallest absolute Gasteiger partial charge is 0.293 e. The molecular formula is C3H5ClO4S. The number of hydrogen-bond donors (Lipinski definition) is 0. The Morgan fingerprint density at radius 1 is 1.56 bits per heavy atom. The van der Waals surface area contributed by atoms with Gasteiger partial charge in [0.1, 0.15) is 6.61 Å². The second kappa shape index (κ2) is 3.68. The SMILES string of the molecule is O=COCCS(=O)(=O)Cl. The fourth-order valence-electron chi connectivity index (χ4n) is 0.196. The zero-order chi connectivity index (χ0) is 7.33. The van der Waals surface area contributed by atoms with Crippen molar-refractivity contribution >= 4 is 26.2 Å². The molecule has 0 spiro atoms. The van der Waals surface area contributed by atoms with Gasteiger partial charge in [0.25, 0.3) is 6.47 Å². The highest BCUT2D eigenvalue weighted by molar-refractivity contribution is 8.13. The molecule has 6 heteroatoms. The molecule has 0 aliphatic rings. The molecule has 9 heavy (non-hydrogen) atoms. The van der Waals surface area contributed by atoms with Crippen molar-refractivity contribution in [3.05, 3.63) is 0 Å². The van der Waals surface area contributed by atoms with E-state index in [1.165, 1.54) is 0 Å². The van der Waals surface area contributed by atoms with E-state index in [9.17, 15) is 13.2 Å². The molecule has 0 fully saturated rings. The summed E-state index contributed by atoms with van der Waals surface area (Å²) in [5.74, 6) is -0.340. The van der Waals surface area contributed by atoms with E-state index in [-0.39, 0.29) is 18.8 Å². The van der Waals surface area contributed by atoms with Gasteiger partial charge in [-0.05, 0) is 0 Å². The van der Waals surface area contributed by atoms with E-state index in [4.69, 9.17) is 10.7 Å². The van der Waals surface area contributed by atoms with Crippen LogP contribution in [0.25, 0.3) is 0 Å². The summed E-state index contributed by atoms with van der Waals surface area (Å²) in [5, 5.41) is 0. The first-order valence-corrected chi connectivity index (χ1v) is 4.51. The molecule has 0 saturated heterocycles. The monoisotopic (exact) mass is 172 g/mol. The highest BCUT2D eigenvalue weighted by Gasteiger charge is 2.03. The maximum absolute atomic E-state index is 10.1. The summed E-state index contributed by atoms with van der Waals surface area (Å²) >= 11 is 0. The second-order valence-electron chi connectivity index (χ2n) is 1.21. The Hall–Kier alpha value is -0.290. The zero-order valence-corrected chi connectivity index (χ0v) is 5.98. The summed E-state index contributed by atoms with van der Waals surface area (Å²) in [6, 6.07) is 0. The third kappa shape index (κ3) is 7.71. The molecule has 0 unspecified atom stereocenters. The van der Waals surface area contributed by atoms with Gasteiger partial charge in [0.15, 0.2) is 0 Å². The molecule has 0 aromatic carbocycles. The van der Waals surface area contributed by atoms with Gasteiger partial charge in [-0.2, -0.15) is 0 Å². The molecule has 0 atom stereocenters. The molecule has 0 radical (unpaired) electrons. The lowest BCUT2D eigenvalue weighted by atomic mass is 10.9. The first-order chi connectivity index (χ1) is 4.06. The van der Waals surface area contributed by atoms with E-state index in [1.54, 1.807) is 0 Å². The summed E-state index contributed by atoms with van der Waals surface area (Å²) in [4.78, 5) is 9.43. The van der Waals surface area contributed by atoms with Crippen LogP contribution in [0.2, 0.25) is 0 Å². The van der Waals surface area contributed by atoms with E-state index >= 15 is 0 Å². The molecule has 0 aromatic rings. The van der Waals surface area contributed by atoms with Gasteiger partial charge in [-0.3, -0.25) is 4.79 Å². The van der Waals surface area contributed by atoms with Gasteiger partial charge in [0, 0.05) is 10.7 Å². The molecule has 4 nitrogen and oxygen atoms in total. The largest absolute Gasteiger partial charge is 0.467 e. The van der Waals surface area contributed by atoms with Crippen LogP contribution in [0.15, 0.2) is 0 Å². The van der Waals surface area contributed by atoms with E-state index in [1.807, 2.05) is 0 Å². The van der Waals surface area contributed by atoms with E-state index in [0.717, 1.165) is 0 Å². The van der Waals surface area contributed by atoms with Gasteiger partial charge in [0.05, 0.1) is 5.75 Å². The predicted molar refractivity (Wildman–Crippen MR) is 31.7 cm³/mol. The Balaban J connectivity index is 3.40. The predicted octanol–water partition coefficient (Wildman–Crippen LogP) is -0.272. The lowest BCUT2D eigenvalue weighted by Gasteiger charge is -1.92. The fourth-order valence-corrected chi connectivity index (χ4v) is 0.680. The number of halogens is 1. The number of ether oxygens (including phenoxy) is 1. The van der Waals surface area contributed by atoms with Crippen LogP contribution >= 0.6 is 10.7 Å². The molecule has 0 aromatic heterocycles. The third-order valence-electron chi connectivity index (χ3n) is 0.513. The van der Waals surface area contributed by atoms with Gasteiger partial charge in [-0.25, -0.2) is 8.42 Å². The van der Waals surface area contributed by atoms with Crippen LogP contribution in [0, 0.1) is 0 Å². The lowest BCUT2D eigenvalue weighted by molar-refractivity contribution is -0.128. The van der Waals surface area contributed by atoms with Crippen molar-refractivity contribution in [1.82, 2.24) is 0 Å². The van der Waals surface area contributed by atoms with Crippen LogP contribution in [-0.2, 0) is 18.6 Å². The molecule has 0 heterocycles. The zero-order valence-electron chi connectivity index (χ0n) is 4.41. The van der Waals surface area contributed by atoms with Crippen molar-refractivity contribution in [2.45, 2.75) is 0 Å². The first-order valence-electron chi connectivity index (χ1n) is 2.04. The van der Waals surface area contributed by atoms with Crippen molar-refractivity contribution in [1.29, 1.82) is 0 Å². The second-order valence-corrected chi connectivity index (χ2v) is 4.11. The average molecular weight is 173 g/mol. The molecule has 0 amide bonds. The van der Waals surface area contributed by atoms with Gasteiger partial charge < -0.3 is 4.74 Å². The summed E-state index contributed by atoms with van der Waals surface area (Å²) in [7, 11) is 1.24. The minimum Gasteiger partial charge on any atom is -0.467 e. The number of hydrogen-bond acceptors (Lipinski definition) is 4. The van der Waals surface area contributed by atoms with Gasteiger partial charge in [0.2, 0.25) is 9.05 Å². The molecule has 0 rings (SSSR count). The van der Waals surface area contributed by atoms with Crippen LogP contribution in [0.1, 0.15) is 0 Å². The van der Waals surface area contributed by atoms with Crippen LogP contribution in [0.4, 0.5) is 0 Å². The first kappa shape index (κ1) is 8.71. The van der Waals surface area contributed by atoms with Crippen LogP contribution < -0.4 is 0 Å². The minimum atomic E-state index is -3.51. The molecule has 0 saturated carbocycles. The molecule has 0 N–H and O–H groups in total. The Morgan fingerprint density at radius 3 is 2.44 bits per heavy atom. The average Bonchev–Trinajstić information content (AvgIpc) is 1.63. The van der Waals surface area contributed by atoms with Crippen molar-refractivity contribution < 1.29 is 17.9 Å². The van der Waals surface area contributed by atoms with Crippen molar-refractivity contribution in [2.75, 3.05) is 12.4 Å². The van der Waals surface area contributed by atoms with Gasteiger partial charge >= 0.3 is 0 Å². The van der Waals surface area contributed by atoms with Crippen molar-refractivity contribution in [2.24, 2.45) is 0 Å². The van der Waals surface area contributed by atoms with Crippen LogP contribution in [-0.4, -0.2) is 27.2 Å². The Morgan fingerprint density at radius 2 is 2.11 bits per heavy atom. The maximum Gasteiger partial charge on any atom is 0.293 e. The van der Waals surface area contributed by atoms with Gasteiger partial charge in [-0.1, -0.05) is 0 Å². The number of carbonyl (C=O) groups excluding carboxylic acids is 1. The van der Waals surface area contributed by atoms with Crippen molar-refractivity contribution in [3.8, 4) is 0 Å². The molecule has 0 bridgehead atoms. The summed E-state index contributed by atoms with van der Waals surface area (Å²) in [5.41, 5.74) is 0. The maximum atomic E-state index is 10.1. The fraction of sp³-hybridized carbons (Fsp3) is 0.667. The Labute approximate surface area is 57.2 Å². The van der Waals surface area contributed by atoms with E-state index in [2.05, 4.69) is 4.74 Å². The quantitative estimate of drug-likeness (QED) is 0.333. The third-order valence-corrected chi connectivity index (χ3v) is 1.63. The highest BCUT2D eigenvalue weighted by atomic mass is 35.7. The normalized spacial score (nSPS) is 10.8. The number of carbonyl (C=O) groups is 1. The van der Waals surface area contributed by atoms with Gasteiger partial charge in [-0.15, -0.1) is 0 Å². The lowest BCUT2D eigenvalue weighted by Crippen LogP contribution is -2.04. The standard InChI is InChI=1S/C3H5ClO4S/c4-9(6,7)2-1-8-3-5/h3H,1-2H2. The summed E-state index contributed by atoms with van der Waals surface area (Å²) < 4.78 is 24.2. The Bertz CT molecular complexity index is 172. The summed E-state index contributed by atoms with van der Waals surface area (Å²) in [6.45, 7) is -0.0165. The topological polar surface area (TPSA) is 60.4 Å². The highest BCUT2D eigenvalue weighted by Crippen LogP contribution is 1.94. The van der Waals surface area contributed by atoms with E-state index < -0.39 is 9.05 Å². The Kier molecular flexibility index (Phi) is 3.56. The molecule has 0 aliphatic carbocycles. The molecular weight excluding hydrogens is 168 g/mol. The number of rotatable bonds is 4. The molecule has 54 valence electrons. The van der Waals surface area contributed by atoms with Crippen LogP contribution in [0.5, 0.6) is 0 Å².